The average molecular weight is 251 g/mol. The highest BCUT2D eigenvalue weighted by atomic mass is 35.5. The maximum atomic E-state index is 6.12. The third-order valence-corrected chi connectivity index (χ3v) is 4.30. The van der Waals surface area contributed by atoms with Crippen LogP contribution in [0.25, 0.3) is 0 Å². The second-order valence-corrected chi connectivity index (χ2v) is 5.87. The van der Waals surface area contributed by atoms with Crippen LogP contribution in [0.2, 0.25) is 5.02 Å². The summed E-state index contributed by atoms with van der Waals surface area (Å²) >= 11 is 6.12. The van der Waals surface area contributed by atoms with E-state index in [4.69, 9.17) is 17.3 Å². The summed E-state index contributed by atoms with van der Waals surface area (Å²) in [5.74, 6) is 0.709. The van der Waals surface area contributed by atoms with Crippen molar-refractivity contribution in [2.45, 2.75) is 44.2 Å². The van der Waals surface area contributed by atoms with Crippen LogP contribution in [-0.2, 0) is 0 Å². The van der Waals surface area contributed by atoms with Crippen molar-refractivity contribution in [1.29, 1.82) is 0 Å². The maximum absolute atomic E-state index is 6.12. The minimum absolute atomic E-state index is 0.209. The van der Waals surface area contributed by atoms with Crippen molar-refractivity contribution in [2.24, 2.45) is 5.73 Å². The summed E-state index contributed by atoms with van der Waals surface area (Å²) in [5.41, 5.74) is 8.78. The van der Waals surface area contributed by atoms with Crippen molar-refractivity contribution in [2.75, 3.05) is 11.4 Å². The molecule has 2 nitrogen and oxygen atoms in total. The first-order valence-electron chi connectivity index (χ1n) is 6.48. The zero-order valence-corrected chi connectivity index (χ0v) is 11.0. The van der Waals surface area contributed by atoms with Crippen LogP contribution in [0.4, 0.5) is 5.69 Å². The van der Waals surface area contributed by atoms with Crippen molar-refractivity contribution in [1.82, 2.24) is 0 Å². The van der Waals surface area contributed by atoms with E-state index in [-0.39, 0.29) is 6.04 Å². The Morgan fingerprint density at radius 2 is 2.29 bits per heavy atom. The smallest absolute Gasteiger partial charge is 0.0426 e. The zero-order valence-electron chi connectivity index (χ0n) is 10.2. The molecular formula is C14H19ClN2. The minimum Gasteiger partial charge on any atom is -0.366 e. The van der Waals surface area contributed by atoms with E-state index in [2.05, 4.69) is 24.0 Å². The molecule has 0 bridgehead atoms. The summed E-state index contributed by atoms with van der Waals surface area (Å²) in [5, 5.41) is 0.832. The molecule has 1 heterocycles. The molecule has 17 heavy (non-hydrogen) atoms. The molecule has 2 aliphatic rings. The van der Waals surface area contributed by atoms with Gasteiger partial charge in [0.25, 0.3) is 0 Å². The Hall–Kier alpha value is -0.730. The lowest BCUT2D eigenvalue weighted by Gasteiger charge is -2.28. The van der Waals surface area contributed by atoms with Gasteiger partial charge in [-0.05, 0) is 37.5 Å². The van der Waals surface area contributed by atoms with E-state index in [1.54, 1.807) is 0 Å². The van der Waals surface area contributed by atoms with Crippen LogP contribution in [0.5, 0.6) is 0 Å². The van der Waals surface area contributed by atoms with E-state index < -0.39 is 0 Å². The van der Waals surface area contributed by atoms with E-state index in [1.165, 1.54) is 30.5 Å². The molecule has 1 saturated carbocycles. The Balaban J connectivity index is 2.01. The Morgan fingerprint density at radius 1 is 1.47 bits per heavy atom. The number of anilines is 1. The second-order valence-electron chi connectivity index (χ2n) is 5.44. The van der Waals surface area contributed by atoms with Gasteiger partial charge in [-0.15, -0.1) is 0 Å². The Kier molecular flexibility index (Phi) is 2.80. The quantitative estimate of drug-likeness (QED) is 0.874. The number of benzene rings is 1. The van der Waals surface area contributed by atoms with Gasteiger partial charge in [-0.2, -0.15) is 0 Å². The van der Waals surface area contributed by atoms with Crippen molar-refractivity contribution < 1.29 is 0 Å². The number of hydrogen-bond donors (Lipinski definition) is 1. The van der Waals surface area contributed by atoms with Gasteiger partial charge in [-0.3, -0.25) is 0 Å². The van der Waals surface area contributed by atoms with E-state index in [0.717, 1.165) is 11.6 Å². The number of nitrogens with zero attached hydrogens (tertiary/aromatic N) is 1. The standard InChI is InChI=1S/C14H19ClN2/c1-9(16)8-17-13-4-2-3-11(13)12-6-5-10(15)7-14(12)17/h5-7,9,11,13H,2-4,8,16H2,1H3/t9-,11?,13?/m0/s1. The number of fused-ring (bicyclic) bond motifs is 3. The summed E-state index contributed by atoms with van der Waals surface area (Å²) < 4.78 is 0. The van der Waals surface area contributed by atoms with Gasteiger partial charge in [0.15, 0.2) is 0 Å². The molecule has 1 aromatic carbocycles. The Morgan fingerprint density at radius 3 is 3.06 bits per heavy atom. The molecule has 3 atom stereocenters. The summed E-state index contributed by atoms with van der Waals surface area (Å²) in [6.07, 6.45) is 3.95. The lowest BCUT2D eigenvalue weighted by Crippen LogP contribution is -2.40. The fourth-order valence-corrected chi connectivity index (χ4v) is 3.64. The van der Waals surface area contributed by atoms with Gasteiger partial charge in [0.05, 0.1) is 0 Å². The molecular weight excluding hydrogens is 232 g/mol. The van der Waals surface area contributed by atoms with Crippen molar-refractivity contribution in [3.63, 3.8) is 0 Å². The fraction of sp³-hybridized carbons (Fsp3) is 0.571. The Labute approximate surface area is 108 Å². The molecule has 92 valence electrons. The van der Waals surface area contributed by atoms with E-state index in [1.807, 2.05) is 6.07 Å². The topological polar surface area (TPSA) is 29.3 Å². The normalized spacial score (nSPS) is 28.1. The summed E-state index contributed by atoms with van der Waals surface area (Å²) in [6.45, 7) is 3.01. The van der Waals surface area contributed by atoms with Gasteiger partial charge in [-0.1, -0.05) is 24.1 Å². The van der Waals surface area contributed by atoms with Gasteiger partial charge in [0.2, 0.25) is 0 Å². The molecule has 0 aromatic heterocycles. The first-order chi connectivity index (χ1) is 8.16. The largest absolute Gasteiger partial charge is 0.366 e. The van der Waals surface area contributed by atoms with Gasteiger partial charge in [0, 0.05) is 35.3 Å². The number of nitrogens with two attached hydrogens (primary N) is 1. The fourth-order valence-electron chi connectivity index (χ4n) is 3.48. The lowest BCUT2D eigenvalue weighted by atomic mass is 9.98. The molecule has 0 amide bonds. The summed E-state index contributed by atoms with van der Waals surface area (Å²) in [4.78, 5) is 2.49. The molecule has 0 radical (unpaired) electrons. The highest BCUT2D eigenvalue weighted by Crippen LogP contribution is 2.49. The van der Waals surface area contributed by atoms with Crippen LogP contribution >= 0.6 is 11.6 Å². The summed E-state index contributed by atoms with van der Waals surface area (Å²) in [7, 11) is 0. The van der Waals surface area contributed by atoms with Crippen LogP contribution in [0.3, 0.4) is 0 Å². The third kappa shape index (κ3) is 1.84. The molecule has 1 aliphatic carbocycles. The third-order valence-electron chi connectivity index (χ3n) is 4.07. The molecule has 2 unspecified atom stereocenters. The second kappa shape index (κ2) is 4.18. The van der Waals surface area contributed by atoms with Crippen LogP contribution in [0.15, 0.2) is 18.2 Å². The van der Waals surface area contributed by atoms with Crippen molar-refractivity contribution >= 4 is 17.3 Å². The molecule has 1 fully saturated rings. The average Bonchev–Trinajstić information content (AvgIpc) is 2.82. The van der Waals surface area contributed by atoms with Crippen LogP contribution in [-0.4, -0.2) is 18.6 Å². The Bertz CT molecular complexity index is 430. The maximum Gasteiger partial charge on any atom is 0.0426 e. The zero-order chi connectivity index (χ0) is 12.0. The van der Waals surface area contributed by atoms with Crippen LogP contribution in [0, 0.1) is 0 Å². The molecule has 1 aromatic rings. The number of halogens is 1. The van der Waals surface area contributed by atoms with Gasteiger partial charge < -0.3 is 10.6 Å². The van der Waals surface area contributed by atoms with Gasteiger partial charge in [0.1, 0.15) is 0 Å². The van der Waals surface area contributed by atoms with Crippen molar-refractivity contribution in [3.8, 4) is 0 Å². The van der Waals surface area contributed by atoms with Gasteiger partial charge in [-0.25, -0.2) is 0 Å². The minimum atomic E-state index is 0.209. The van der Waals surface area contributed by atoms with Crippen LogP contribution in [0.1, 0.15) is 37.7 Å². The van der Waals surface area contributed by atoms with Gasteiger partial charge >= 0.3 is 0 Å². The molecule has 3 rings (SSSR count). The molecule has 1 aliphatic heterocycles. The van der Waals surface area contributed by atoms with Crippen molar-refractivity contribution in [3.05, 3.63) is 28.8 Å². The predicted molar refractivity (Wildman–Crippen MR) is 72.8 cm³/mol. The molecule has 0 saturated heterocycles. The lowest BCUT2D eigenvalue weighted by molar-refractivity contribution is 0.562. The number of rotatable bonds is 2. The number of hydrogen-bond acceptors (Lipinski definition) is 2. The molecule has 0 spiro atoms. The highest BCUT2D eigenvalue weighted by Gasteiger charge is 2.41. The van der Waals surface area contributed by atoms with Crippen LogP contribution < -0.4 is 10.6 Å². The SMILES string of the molecule is C[C@H](N)CN1c2cc(Cl)ccc2C2CCCC21. The molecule has 3 heteroatoms. The molecule has 2 N–H and O–H groups in total. The highest BCUT2D eigenvalue weighted by molar-refractivity contribution is 6.30. The first-order valence-corrected chi connectivity index (χ1v) is 6.86. The van der Waals surface area contributed by atoms with E-state index in [0.29, 0.717) is 12.0 Å². The summed E-state index contributed by atoms with van der Waals surface area (Å²) in [6, 6.07) is 7.21. The monoisotopic (exact) mass is 250 g/mol. The first kappa shape index (κ1) is 11.4. The van der Waals surface area contributed by atoms with E-state index in [9.17, 15) is 0 Å². The van der Waals surface area contributed by atoms with E-state index >= 15 is 0 Å². The predicted octanol–water partition coefficient (Wildman–Crippen LogP) is 3.14.